The lowest BCUT2D eigenvalue weighted by molar-refractivity contribution is -0.140. The predicted molar refractivity (Wildman–Crippen MR) is 83.1 cm³/mol. The van der Waals surface area contributed by atoms with Crippen molar-refractivity contribution in [2.75, 3.05) is 26.2 Å². The summed E-state index contributed by atoms with van der Waals surface area (Å²) >= 11 is 0. The molecule has 3 N–H and O–H groups in total. The van der Waals surface area contributed by atoms with Gasteiger partial charge in [-0.05, 0) is 12.5 Å². The van der Waals surface area contributed by atoms with Gasteiger partial charge in [0.05, 0.1) is 12.7 Å². The van der Waals surface area contributed by atoms with E-state index < -0.39 is 6.04 Å². The minimum absolute atomic E-state index is 0.108. The Hall–Kier alpha value is -1.92. The summed E-state index contributed by atoms with van der Waals surface area (Å²) in [7, 11) is 0. The predicted octanol–water partition coefficient (Wildman–Crippen LogP) is 0.358. The van der Waals surface area contributed by atoms with Crippen LogP contribution >= 0.6 is 0 Å². The molecule has 1 aromatic rings. The highest BCUT2D eigenvalue weighted by Gasteiger charge is 2.28. The zero-order chi connectivity index (χ0) is 16.1. The summed E-state index contributed by atoms with van der Waals surface area (Å²) in [6.07, 6.45) is -0.188. The molecule has 2 amide bonds. The molecule has 1 heterocycles. The smallest absolute Gasteiger partial charge is 0.244 e. The van der Waals surface area contributed by atoms with Crippen LogP contribution in [0.5, 0.6) is 0 Å². The largest absolute Gasteiger partial charge is 0.373 e. The molecule has 1 saturated heterocycles. The van der Waals surface area contributed by atoms with E-state index in [9.17, 15) is 9.59 Å². The number of aryl methyl sites for hydroxylation is 1. The first-order valence-corrected chi connectivity index (χ1v) is 7.44. The van der Waals surface area contributed by atoms with Crippen LogP contribution in [0.15, 0.2) is 24.3 Å². The first-order chi connectivity index (χ1) is 10.5. The number of nitrogens with two attached hydrogens (primary N) is 1. The summed E-state index contributed by atoms with van der Waals surface area (Å²) in [4.78, 5) is 25.2. The Balaban J connectivity index is 1.96. The fourth-order valence-electron chi connectivity index (χ4n) is 2.41. The van der Waals surface area contributed by atoms with E-state index in [-0.39, 0.29) is 17.9 Å². The molecule has 120 valence electrons. The van der Waals surface area contributed by atoms with Crippen molar-refractivity contribution in [3.8, 4) is 0 Å². The molecule has 22 heavy (non-hydrogen) atoms. The Kier molecular flexibility index (Phi) is 5.51. The maximum absolute atomic E-state index is 12.5. The normalized spacial score (nSPS) is 19.6. The van der Waals surface area contributed by atoms with E-state index in [4.69, 9.17) is 10.5 Å². The lowest BCUT2D eigenvalue weighted by atomic mass is 10.0. The van der Waals surface area contributed by atoms with Gasteiger partial charge in [0.2, 0.25) is 11.8 Å². The van der Waals surface area contributed by atoms with Crippen molar-refractivity contribution in [2.45, 2.75) is 26.0 Å². The molecule has 1 fully saturated rings. The van der Waals surface area contributed by atoms with E-state index in [0.29, 0.717) is 26.2 Å². The van der Waals surface area contributed by atoms with E-state index in [1.807, 2.05) is 31.2 Å². The molecule has 0 spiro atoms. The summed E-state index contributed by atoms with van der Waals surface area (Å²) in [6.45, 7) is 5.27. The molecule has 0 radical (unpaired) electrons. The van der Waals surface area contributed by atoms with E-state index >= 15 is 0 Å². The lowest BCUT2D eigenvalue weighted by Crippen LogP contribution is -2.51. The van der Waals surface area contributed by atoms with Crippen LogP contribution in [-0.4, -0.2) is 49.1 Å². The molecule has 1 aromatic carbocycles. The van der Waals surface area contributed by atoms with Crippen LogP contribution in [0.25, 0.3) is 0 Å². The zero-order valence-electron chi connectivity index (χ0n) is 13.0. The molecule has 0 aliphatic carbocycles. The van der Waals surface area contributed by atoms with Crippen LogP contribution in [0.4, 0.5) is 0 Å². The number of hydrogen-bond acceptors (Lipinski definition) is 4. The van der Waals surface area contributed by atoms with Crippen molar-refractivity contribution in [2.24, 2.45) is 5.73 Å². The average Bonchev–Trinajstić information content (AvgIpc) is 2.52. The quantitative estimate of drug-likeness (QED) is 0.841. The van der Waals surface area contributed by atoms with Gasteiger partial charge >= 0.3 is 0 Å². The molecule has 2 rings (SSSR count). The van der Waals surface area contributed by atoms with E-state index in [0.717, 1.165) is 11.1 Å². The molecular weight excluding hydrogens is 282 g/mol. The van der Waals surface area contributed by atoms with Crippen LogP contribution in [0.3, 0.4) is 0 Å². The number of rotatable bonds is 4. The van der Waals surface area contributed by atoms with Crippen molar-refractivity contribution in [3.63, 3.8) is 0 Å². The highest BCUT2D eigenvalue weighted by molar-refractivity contribution is 5.83. The zero-order valence-corrected chi connectivity index (χ0v) is 13.0. The molecule has 6 heteroatoms. The Labute approximate surface area is 130 Å². The summed E-state index contributed by atoms with van der Waals surface area (Å²) in [5, 5.41) is 2.71. The third-order valence-electron chi connectivity index (χ3n) is 3.73. The summed E-state index contributed by atoms with van der Waals surface area (Å²) in [5.41, 5.74) is 8.02. The van der Waals surface area contributed by atoms with Gasteiger partial charge in [0.15, 0.2) is 0 Å². The van der Waals surface area contributed by atoms with Gasteiger partial charge < -0.3 is 20.7 Å². The number of morpholine rings is 1. The fraction of sp³-hybridized carbons (Fsp3) is 0.500. The molecule has 1 aliphatic rings. The fourth-order valence-corrected chi connectivity index (χ4v) is 2.41. The summed E-state index contributed by atoms with van der Waals surface area (Å²) in [5.74, 6) is -0.219. The van der Waals surface area contributed by atoms with Crippen LogP contribution in [0, 0.1) is 6.92 Å². The number of nitrogens with zero attached hydrogens (tertiary/aromatic N) is 1. The Morgan fingerprint density at radius 1 is 1.41 bits per heavy atom. The van der Waals surface area contributed by atoms with Gasteiger partial charge in [-0.2, -0.15) is 0 Å². The third kappa shape index (κ3) is 4.29. The van der Waals surface area contributed by atoms with Gasteiger partial charge in [-0.3, -0.25) is 9.59 Å². The number of benzene rings is 1. The molecular formula is C16H23N3O3. The first-order valence-electron chi connectivity index (χ1n) is 7.44. The van der Waals surface area contributed by atoms with Gasteiger partial charge in [0, 0.05) is 26.6 Å². The van der Waals surface area contributed by atoms with Crippen molar-refractivity contribution < 1.29 is 14.3 Å². The Morgan fingerprint density at radius 3 is 2.73 bits per heavy atom. The molecule has 2 atom stereocenters. The van der Waals surface area contributed by atoms with Gasteiger partial charge in [-0.1, -0.05) is 29.8 Å². The molecule has 6 nitrogen and oxygen atoms in total. The van der Waals surface area contributed by atoms with Crippen LogP contribution in [0.1, 0.15) is 24.1 Å². The highest BCUT2D eigenvalue weighted by atomic mass is 16.5. The van der Waals surface area contributed by atoms with E-state index in [1.54, 1.807) is 4.90 Å². The number of carbonyl (C=O) groups excluding carboxylic acids is 2. The minimum atomic E-state index is -0.667. The third-order valence-corrected chi connectivity index (χ3v) is 3.73. The number of carbonyl (C=O) groups is 2. The SMILES string of the molecule is CC(=O)NCC1CN(C(=O)C(N)c2ccc(C)cc2)CCO1. The van der Waals surface area contributed by atoms with Gasteiger partial charge in [-0.15, -0.1) is 0 Å². The van der Waals surface area contributed by atoms with E-state index in [1.165, 1.54) is 6.92 Å². The molecule has 2 unspecified atom stereocenters. The Bertz CT molecular complexity index is 530. The monoisotopic (exact) mass is 305 g/mol. The second-order valence-corrected chi connectivity index (χ2v) is 5.60. The van der Waals surface area contributed by atoms with Crippen molar-refractivity contribution in [1.82, 2.24) is 10.2 Å². The van der Waals surface area contributed by atoms with Crippen molar-refractivity contribution in [1.29, 1.82) is 0 Å². The molecule has 0 bridgehead atoms. The minimum Gasteiger partial charge on any atom is -0.373 e. The van der Waals surface area contributed by atoms with Crippen LogP contribution in [-0.2, 0) is 14.3 Å². The van der Waals surface area contributed by atoms with E-state index in [2.05, 4.69) is 5.32 Å². The maximum atomic E-state index is 12.5. The van der Waals surface area contributed by atoms with Crippen LogP contribution in [0.2, 0.25) is 0 Å². The first kappa shape index (κ1) is 16.5. The number of amides is 2. The second-order valence-electron chi connectivity index (χ2n) is 5.60. The highest BCUT2D eigenvalue weighted by Crippen LogP contribution is 2.16. The van der Waals surface area contributed by atoms with Gasteiger partial charge in [-0.25, -0.2) is 0 Å². The summed E-state index contributed by atoms with van der Waals surface area (Å²) in [6, 6.07) is 6.99. The number of nitrogens with one attached hydrogen (secondary N) is 1. The number of hydrogen-bond donors (Lipinski definition) is 2. The molecule has 0 saturated carbocycles. The lowest BCUT2D eigenvalue weighted by Gasteiger charge is -2.34. The number of ether oxygens (including phenoxy) is 1. The van der Waals surface area contributed by atoms with Crippen LogP contribution < -0.4 is 11.1 Å². The molecule has 1 aliphatic heterocycles. The maximum Gasteiger partial charge on any atom is 0.244 e. The van der Waals surface area contributed by atoms with Gasteiger partial charge in [0.25, 0.3) is 0 Å². The Morgan fingerprint density at radius 2 is 2.09 bits per heavy atom. The topological polar surface area (TPSA) is 84.7 Å². The van der Waals surface area contributed by atoms with Crippen molar-refractivity contribution in [3.05, 3.63) is 35.4 Å². The standard InChI is InChI=1S/C16H23N3O3/c1-11-3-5-13(6-4-11)15(17)16(21)19-7-8-22-14(10-19)9-18-12(2)20/h3-6,14-15H,7-10,17H2,1-2H3,(H,18,20). The summed E-state index contributed by atoms with van der Waals surface area (Å²) < 4.78 is 5.56. The second kappa shape index (κ2) is 7.38. The molecule has 0 aromatic heterocycles. The van der Waals surface area contributed by atoms with Gasteiger partial charge in [0.1, 0.15) is 6.04 Å². The average molecular weight is 305 g/mol. The van der Waals surface area contributed by atoms with Crippen molar-refractivity contribution >= 4 is 11.8 Å².